The molecule has 7 nitrogen and oxygen atoms in total. The van der Waals surface area contributed by atoms with Gasteiger partial charge in [0.05, 0.1) is 18.0 Å². The summed E-state index contributed by atoms with van der Waals surface area (Å²) in [6.45, 7) is 5.23. The molecule has 1 amide bonds. The van der Waals surface area contributed by atoms with Crippen LogP contribution in [0.25, 0.3) is 11.0 Å². The molecule has 2 atom stereocenters. The number of carbonyl (C=O) groups is 1. The predicted molar refractivity (Wildman–Crippen MR) is 126 cm³/mol. The number of benzene rings is 1. The largest absolute Gasteiger partial charge is 0.376 e. The molecule has 164 valence electrons. The van der Waals surface area contributed by atoms with Gasteiger partial charge in [-0.25, -0.2) is 9.97 Å². The Balaban J connectivity index is 1.49. The molecule has 0 radical (unpaired) electrons. The van der Waals surface area contributed by atoms with Gasteiger partial charge >= 0.3 is 0 Å². The molecule has 1 aliphatic rings. The van der Waals surface area contributed by atoms with E-state index >= 15 is 0 Å². The molecular formula is C22H26Cl2N6O. The van der Waals surface area contributed by atoms with Gasteiger partial charge in [-0.2, -0.15) is 0 Å². The first kappa shape index (κ1) is 21.7. The van der Waals surface area contributed by atoms with Crippen molar-refractivity contribution < 1.29 is 4.79 Å². The third-order valence-electron chi connectivity index (χ3n) is 5.67. The van der Waals surface area contributed by atoms with Gasteiger partial charge in [-0.05, 0) is 43.0 Å². The summed E-state index contributed by atoms with van der Waals surface area (Å²) in [6.07, 6.45) is 5.31. The van der Waals surface area contributed by atoms with Crippen molar-refractivity contribution in [2.45, 2.75) is 38.8 Å². The van der Waals surface area contributed by atoms with Crippen molar-refractivity contribution in [3.63, 3.8) is 0 Å². The van der Waals surface area contributed by atoms with E-state index in [1.807, 2.05) is 17.2 Å². The summed E-state index contributed by atoms with van der Waals surface area (Å²) in [5.74, 6) is 1.13. The molecule has 0 spiro atoms. The minimum absolute atomic E-state index is 0.0509. The molecule has 1 aromatic carbocycles. The zero-order valence-corrected chi connectivity index (χ0v) is 19.0. The SMILES string of the molecule is CC(C)C1C(Nc2ncnc3[nH]ccc23)CCCN1C(=O)CNc1cc(Cl)cc(Cl)c1. The lowest BCUT2D eigenvalue weighted by molar-refractivity contribution is -0.134. The number of amides is 1. The van der Waals surface area contributed by atoms with Crippen molar-refractivity contribution in [1.29, 1.82) is 0 Å². The summed E-state index contributed by atoms with van der Waals surface area (Å²) in [4.78, 5) is 27.0. The Morgan fingerprint density at radius 3 is 2.77 bits per heavy atom. The van der Waals surface area contributed by atoms with Crippen molar-refractivity contribution in [2.75, 3.05) is 23.7 Å². The molecule has 3 heterocycles. The maximum atomic E-state index is 13.2. The van der Waals surface area contributed by atoms with Crippen molar-refractivity contribution in [3.8, 4) is 0 Å². The second-order valence-electron chi connectivity index (χ2n) is 8.19. The Hall–Kier alpha value is -2.51. The second kappa shape index (κ2) is 9.32. The van der Waals surface area contributed by atoms with Crippen molar-refractivity contribution >= 4 is 51.6 Å². The Kier molecular flexibility index (Phi) is 6.53. The topological polar surface area (TPSA) is 85.9 Å². The lowest BCUT2D eigenvalue weighted by Crippen LogP contribution is -2.57. The summed E-state index contributed by atoms with van der Waals surface area (Å²) in [7, 11) is 0. The van der Waals surface area contributed by atoms with Gasteiger partial charge in [0.2, 0.25) is 5.91 Å². The number of hydrogen-bond donors (Lipinski definition) is 3. The number of hydrogen-bond acceptors (Lipinski definition) is 5. The van der Waals surface area contributed by atoms with Crippen LogP contribution in [0.15, 0.2) is 36.8 Å². The Morgan fingerprint density at radius 2 is 2.03 bits per heavy atom. The zero-order chi connectivity index (χ0) is 22.0. The number of anilines is 2. The minimum Gasteiger partial charge on any atom is -0.376 e. The van der Waals surface area contributed by atoms with Gasteiger partial charge in [0.15, 0.2) is 0 Å². The number of nitrogens with one attached hydrogen (secondary N) is 3. The number of piperidine rings is 1. The summed E-state index contributed by atoms with van der Waals surface area (Å²) in [6, 6.07) is 7.31. The highest BCUT2D eigenvalue weighted by atomic mass is 35.5. The van der Waals surface area contributed by atoms with Crippen LogP contribution in [0, 0.1) is 5.92 Å². The molecule has 0 saturated carbocycles. The summed E-state index contributed by atoms with van der Waals surface area (Å²) in [5.41, 5.74) is 1.53. The van der Waals surface area contributed by atoms with Gasteiger partial charge in [0.25, 0.3) is 0 Å². The van der Waals surface area contributed by atoms with Crippen LogP contribution in [0.2, 0.25) is 10.0 Å². The van der Waals surface area contributed by atoms with Crippen LogP contribution in [-0.2, 0) is 4.79 Å². The fourth-order valence-electron chi connectivity index (χ4n) is 4.39. The first-order chi connectivity index (χ1) is 14.9. The smallest absolute Gasteiger partial charge is 0.242 e. The van der Waals surface area contributed by atoms with Crippen LogP contribution < -0.4 is 10.6 Å². The van der Waals surface area contributed by atoms with Crippen molar-refractivity contribution in [2.24, 2.45) is 5.92 Å². The normalized spacial score (nSPS) is 19.1. The molecule has 1 fully saturated rings. The van der Waals surface area contributed by atoms with E-state index in [2.05, 4.69) is 39.4 Å². The molecule has 2 unspecified atom stereocenters. The van der Waals surface area contributed by atoms with Gasteiger partial charge in [0.1, 0.15) is 17.8 Å². The maximum Gasteiger partial charge on any atom is 0.242 e. The van der Waals surface area contributed by atoms with Crippen molar-refractivity contribution in [1.82, 2.24) is 19.9 Å². The number of rotatable bonds is 6. The molecule has 2 aromatic heterocycles. The number of nitrogens with zero attached hydrogens (tertiary/aromatic N) is 3. The van der Waals surface area contributed by atoms with Gasteiger partial charge in [-0.3, -0.25) is 4.79 Å². The molecule has 1 saturated heterocycles. The highest BCUT2D eigenvalue weighted by molar-refractivity contribution is 6.35. The van der Waals surface area contributed by atoms with E-state index in [0.717, 1.165) is 41.9 Å². The minimum atomic E-state index is 0.0509. The average Bonchev–Trinajstić information content (AvgIpc) is 3.21. The first-order valence-corrected chi connectivity index (χ1v) is 11.2. The Bertz CT molecular complexity index is 1050. The Morgan fingerprint density at radius 1 is 1.26 bits per heavy atom. The number of aromatic amines is 1. The molecule has 3 aromatic rings. The fourth-order valence-corrected chi connectivity index (χ4v) is 4.92. The lowest BCUT2D eigenvalue weighted by Gasteiger charge is -2.44. The van der Waals surface area contributed by atoms with Crippen LogP contribution >= 0.6 is 23.2 Å². The standard InChI is InChI=1S/C22H26Cl2N6O/c1-13(2)20-18(29-22-17-5-6-25-21(17)27-12-28-22)4-3-7-30(20)19(31)11-26-16-9-14(23)8-15(24)10-16/h5-6,8-10,12-13,18,20,26H,3-4,7,11H2,1-2H3,(H2,25,27,28,29). The zero-order valence-electron chi connectivity index (χ0n) is 17.5. The van der Waals surface area contributed by atoms with Crippen LogP contribution in [-0.4, -0.2) is 50.9 Å². The van der Waals surface area contributed by atoms with E-state index in [4.69, 9.17) is 23.2 Å². The number of aromatic nitrogens is 3. The first-order valence-electron chi connectivity index (χ1n) is 10.5. The van der Waals surface area contributed by atoms with Gasteiger partial charge < -0.3 is 20.5 Å². The van der Waals surface area contributed by atoms with Gasteiger partial charge in [-0.15, -0.1) is 0 Å². The van der Waals surface area contributed by atoms with Crippen molar-refractivity contribution in [3.05, 3.63) is 46.8 Å². The van der Waals surface area contributed by atoms with Gasteiger partial charge in [-0.1, -0.05) is 37.0 Å². The Labute approximate surface area is 191 Å². The van der Waals surface area contributed by atoms with Crippen LogP contribution in [0.5, 0.6) is 0 Å². The molecule has 0 bridgehead atoms. The van der Waals surface area contributed by atoms with Crippen LogP contribution in [0.1, 0.15) is 26.7 Å². The van der Waals surface area contributed by atoms with Crippen LogP contribution in [0.3, 0.4) is 0 Å². The summed E-state index contributed by atoms with van der Waals surface area (Å²) >= 11 is 12.1. The lowest BCUT2D eigenvalue weighted by atomic mass is 9.87. The number of fused-ring (bicyclic) bond motifs is 1. The second-order valence-corrected chi connectivity index (χ2v) is 9.06. The van der Waals surface area contributed by atoms with E-state index < -0.39 is 0 Å². The monoisotopic (exact) mass is 460 g/mol. The number of likely N-dealkylation sites (tertiary alicyclic amines) is 1. The highest BCUT2D eigenvalue weighted by Crippen LogP contribution is 2.29. The van der Waals surface area contributed by atoms with E-state index in [0.29, 0.717) is 10.0 Å². The predicted octanol–water partition coefficient (Wildman–Crippen LogP) is 4.80. The van der Waals surface area contributed by atoms with E-state index in [-0.39, 0.29) is 30.5 Å². The fraction of sp³-hybridized carbons (Fsp3) is 0.409. The number of carbonyl (C=O) groups excluding carboxylic acids is 1. The van der Waals surface area contributed by atoms with Gasteiger partial charge in [0, 0.05) is 34.5 Å². The van der Waals surface area contributed by atoms with Crippen LogP contribution in [0.4, 0.5) is 11.5 Å². The summed E-state index contributed by atoms with van der Waals surface area (Å²) < 4.78 is 0. The summed E-state index contributed by atoms with van der Waals surface area (Å²) in [5, 5.41) is 8.78. The molecule has 3 N–H and O–H groups in total. The number of halogens is 2. The van der Waals surface area contributed by atoms with E-state index in [1.54, 1.807) is 24.5 Å². The third kappa shape index (κ3) is 4.88. The molecule has 0 aliphatic carbocycles. The molecule has 31 heavy (non-hydrogen) atoms. The molecule has 1 aliphatic heterocycles. The van der Waals surface area contributed by atoms with E-state index in [1.165, 1.54) is 0 Å². The maximum absolute atomic E-state index is 13.2. The van der Waals surface area contributed by atoms with E-state index in [9.17, 15) is 4.79 Å². The molecule has 9 heteroatoms. The third-order valence-corrected chi connectivity index (χ3v) is 6.11. The average molecular weight is 461 g/mol. The highest BCUT2D eigenvalue weighted by Gasteiger charge is 2.36. The quantitative estimate of drug-likeness (QED) is 0.491. The molecular weight excluding hydrogens is 435 g/mol. The number of H-pyrrole nitrogens is 1. The molecule has 4 rings (SSSR count).